The lowest BCUT2D eigenvalue weighted by Gasteiger charge is -2.16. The van der Waals surface area contributed by atoms with Crippen LogP contribution in [0.25, 0.3) is 6.08 Å². The number of halogens is 1. The van der Waals surface area contributed by atoms with Crippen molar-refractivity contribution in [2.24, 2.45) is 0 Å². The number of hydrogen-bond acceptors (Lipinski definition) is 7. The predicted octanol–water partition coefficient (Wildman–Crippen LogP) is 3.04. The third-order valence-corrected chi connectivity index (χ3v) is 5.43. The monoisotopic (exact) mass is 446 g/mol. The zero-order valence-electron chi connectivity index (χ0n) is 15.2. The van der Waals surface area contributed by atoms with Crippen molar-refractivity contribution in [1.82, 2.24) is 4.90 Å². The van der Waals surface area contributed by atoms with Crippen molar-refractivity contribution in [3.63, 3.8) is 0 Å². The number of anilines is 1. The maximum atomic E-state index is 13.0. The average Bonchev–Trinajstić information content (AvgIpc) is 2.96. The molecule has 2 amide bonds. The SMILES string of the molecule is O=C(CCN1C(=O)/C(=C/c2ccc(F)cc2)SC1=S)Nc1cc([N+](=O)[O-])ccc1[O-]. The van der Waals surface area contributed by atoms with E-state index in [0.29, 0.717) is 10.5 Å². The molecule has 30 heavy (non-hydrogen) atoms. The molecule has 1 aliphatic rings. The van der Waals surface area contributed by atoms with Crippen LogP contribution in [-0.4, -0.2) is 32.5 Å². The molecular weight excluding hydrogens is 433 g/mol. The number of amides is 2. The van der Waals surface area contributed by atoms with Gasteiger partial charge in [-0.25, -0.2) is 4.39 Å². The minimum absolute atomic E-state index is 0.0274. The Hall–Kier alpha value is -3.31. The van der Waals surface area contributed by atoms with Crippen LogP contribution in [0.4, 0.5) is 15.8 Å². The summed E-state index contributed by atoms with van der Waals surface area (Å²) in [6.45, 7) is -0.0274. The number of benzene rings is 2. The summed E-state index contributed by atoms with van der Waals surface area (Å²) < 4.78 is 13.3. The van der Waals surface area contributed by atoms with E-state index in [1.807, 2.05) is 0 Å². The van der Waals surface area contributed by atoms with Crippen LogP contribution in [0.3, 0.4) is 0 Å². The minimum Gasteiger partial charge on any atom is -0.871 e. The van der Waals surface area contributed by atoms with Crippen LogP contribution in [0.1, 0.15) is 12.0 Å². The normalized spacial score (nSPS) is 15.0. The Balaban J connectivity index is 1.63. The molecule has 11 heteroatoms. The Morgan fingerprint density at radius 2 is 1.97 bits per heavy atom. The molecule has 0 saturated carbocycles. The molecule has 2 aromatic rings. The topological polar surface area (TPSA) is 116 Å². The fourth-order valence-electron chi connectivity index (χ4n) is 2.56. The van der Waals surface area contributed by atoms with Crippen molar-refractivity contribution in [3.8, 4) is 5.75 Å². The summed E-state index contributed by atoms with van der Waals surface area (Å²) in [5, 5.41) is 24.9. The van der Waals surface area contributed by atoms with E-state index in [9.17, 15) is 29.2 Å². The molecule has 0 spiro atoms. The molecule has 3 rings (SSSR count). The lowest BCUT2D eigenvalue weighted by molar-refractivity contribution is -0.385. The molecule has 1 heterocycles. The van der Waals surface area contributed by atoms with E-state index in [2.05, 4.69) is 5.32 Å². The van der Waals surface area contributed by atoms with Crippen LogP contribution in [0, 0.1) is 15.9 Å². The Morgan fingerprint density at radius 3 is 2.63 bits per heavy atom. The van der Waals surface area contributed by atoms with Crippen LogP contribution >= 0.6 is 24.0 Å². The summed E-state index contributed by atoms with van der Waals surface area (Å²) in [5.74, 6) is -1.94. The molecule has 1 aliphatic heterocycles. The maximum absolute atomic E-state index is 13.0. The van der Waals surface area contributed by atoms with Crippen molar-refractivity contribution in [2.75, 3.05) is 11.9 Å². The number of carbonyl (C=O) groups is 2. The third-order valence-electron chi connectivity index (χ3n) is 4.05. The van der Waals surface area contributed by atoms with E-state index in [4.69, 9.17) is 12.2 Å². The highest BCUT2D eigenvalue weighted by atomic mass is 32.2. The van der Waals surface area contributed by atoms with Gasteiger partial charge in [0.2, 0.25) is 5.91 Å². The maximum Gasteiger partial charge on any atom is 0.271 e. The van der Waals surface area contributed by atoms with Gasteiger partial charge in [0.1, 0.15) is 10.1 Å². The van der Waals surface area contributed by atoms with Crippen LogP contribution in [0.2, 0.25) is 0 Å². The predicted molar refractivity (Wildman–Crippen MR) is 112 cm³/mol. The minimum atomic E-state index is -0.678. The average molecular weight is 446 g/mol. The number of thiocarbonyl (C=S) groups is 1. The number of nitrogens with zero attached hydrogens (tertiary/aromatic N) is 2. The van der Waals surface area contributed by atoms with Gasteiger partial charge in [0, 0.05) is 30.8 Å². The summed E-state index contributed by atoms with van der Waals surface area (Å²) in [6, 6.07) is 8.61. The van der Waals surface area contributed by atoms with Gasteiger partial charge in [0.25, 0.3) is 11.6 Å². The summed E-state index contributed by atoms with van der Waals surface area (Å²) in [6.07, 6.45) is 1.41. The van der Waals surface area contributed by atoms with Gasteiger partial charge >= 0.3 is 0 Å². The Kier molecular flexibility index (Phi) is 6.43. The molecule has 0 aromatic heterocycles. The van der Waals surface area contributed by atoms with Crippen molar-refractivity contribution >= 4 is 57.6 Å². The van der Waals surface area contributed by atoms with Gasteiger partial charge in [0.15, 0.2) is 0 Å². The van der Waals surface area contributed by atoms with Gasteiger partial charge in [-0.15, -0.1) is 0 Å². The van der Waals surface area contributed by atoms with Crippen LogP contribution < -0.4 is 10.4 Å². The fourth-order valence-corrected chi connectivity index (χ4v) is 3.87. The van der Waals surface area contributed by atoms with Gasteiger partial charge in [-0.2, -0.15) is 0 Å². The van der Waals surface area contributed by atoms with Crippen LogP contribution in [0.15, 0.2) is 47.4 Å². The lowest BCUT2D eigenvalue weighted by atomic mass is 10.2. The quantitative estimate of drug-likeness (QED) is 0.314. The number of rotatable bonds is 6. The van der Waals surface area contributed by atoms with Crippen molar-refractivity contribution in [2.45, 2.75) is 6.42 Å². The first-order valence-electron chi connectivity index (χ1n) is 8.51. The first-order chi connectivity index (χ1) is 14.2. The second kappa shape index (κ2) is 9.01. The molecule has 0 aliphatic carbocycles. The molecule has 0 unspecified atom stereocenters. The number of nitro groups is 1. The molecule has 1 N–H and O–H groups in total. The molecular formula is C19H13FN3O5S2-. The largest absolute Gasteiger partial charge is 0.871 e. The first kappa shape index (κ1) is 21.4. The third kappa shape index (κ3) is 4.99. The zero-order chi connectivity index (χ0) is 21.8. The van der Waals surface area contributed by atoms with E-state index >= 15 is 0 Å². The molecule has 154 valence electrons. The molecule has 1 fully saturated rings. The Morgan fingerprint density at radius 1 is 1.27 bits per heavy atom. The van der Waals surface area contributed by atoms with E-state index in [-0.39, 0.29) is 34.6 Å². The Labute approximate surface area is 179 Å². The summed E-state index contributed by atoms with van der Waals surface area (Å²) in [5.41, 5.74) is 0.0897. The van der Waals surface area contributed by atoms with Gasteiger partial charge in [0.05, 0.1) is 9.83 Å². The number of carbonyl (C=O) groups excluding carboxylic acids is 2. The molecule has 0 bridgehead atoms. The van der Waals surface area contributed by atoms with E-state index in [1.165, 1.54) is 29.2 Å². The number of hydrogen-bond donors (Lipinski definition) is 1. The van der Waals surface area contributed by atoms with Crippen molar-refractivity contribution in [3.05, 3.63) is 68.9 Å². The first-order valence-corrected chi connectivity index (χ1v) is 9.73. The summed E-state index contributed by atoms with van der Waals surface area (Å²) in [7, 11) is 0. The standard InChI is InChI=1S/C19H14FN3O5S2/c20-12-3-1-11(2-4-12)9-16-18(26)22(19(29)30-16)8-7-17(25)21-14-10-13(23(27)28)5-6-15(14)24/h1-6,9-10,24H,7-8H2,(H,21,25)/p-1/b16-9-. The molecule has 8 nitrogen and oxygen atoms in total. The molecule has 0 radical (unpaired) electrons. The van der Waals surface area contributed by atoms with Gasteiger partial charge in [-0.3, -0.25) is 24.6 Å². The number of thioether (sulfide) groups is 1. The van der Waals surface area contributed by atoms with Crippen LogP contribution in [-0.2, 0) is 9.59 Å². The lowest BCUT2D eigenvalue weighted by Crippen LogP contribution is -2.31. The smallest absolute Gasteiger partial charge is 0.271 e. The van der Waals surface area contributed by atoms with Gasteiger partial charge < -0.3 is 10.4 Å². The van der Waals surface area contributed by atoms with Crippen LogP contribution in [0.5, 0.6) is 5.75 Å². The number of non-ortho nitro benzene ring substituents is 1. The van der Waals surface area contributed by atoms with E-state index in [1.54, 1.807) is 6.08 Å². The molecule has 2 aromatic carbocycles. The summed E-state index contributed by atoms with van der Waals surface area (Å²) >= 11 is 6.25. The van der Waals surface area contributed by atoms with Crippen molar-refractivity contribution < 1.29 is 24.0 Å². The second-order valence-corrected chi connectivity index (χ2v) is 7.80. The fraction of sp³-hybridized carbons (Fsp3) is 0.105. The van der Waals surface area contributed by atoms with Gasteiger partial charge in [-0.1, -0.05) is 47.9 Å². The summed E-state index contributed by atoms with van der Waals surface area (Å²) in [4.78, 5) is 36.4. The second-order valence-electron chi connectivity index (χ2n) is 6.12. The van der Waals surface area contributed by atoms with E-state index < -0.39 is 22.4 Å². The highest BCUT2D eigenvalue weighted by Gasteiger charge is 2.32. The van der Waals surface area contributed by atoms with Crippen molar-refractivity contribution in [1.29, 1.82) is 0 Å². The van der Waals surface area contributed by atoms with Gasteiger partial charge in [-0.05, 0) is 23.8 Å². The molecule has 0 atom stereocenters. The number of nitrogens with one attached hydrogen (secondary N) is 1. The zero-order valence-corrected chi connectivity index (χ0v) is 16.8. The number of nitro benzene ring substituents is 1. The Bertz CT molecular complexity index is 1070. The highest BCUT2D eigenvalue weighted by molar-refractivity contribution is 8.26. The highest BCUT2D eigenvalue weighted by Crippen LogP contribution is 2.33. The molecule has 1 saturated heterocycles. The van der Waals surface area contributed by atoms with E-state index in [0.717, 1.165) is 30.0 Å².